The first-order chi connectivity index (χ1) is 8.83. The lowest BCUT2D eigenvalue weighted by Gasteiger charge is -2.19. The minimum atomic E-state index is 0.651. The van der Waals surface area contributed by atoms with Crippen molar-refractivity contribution in [1.82, 2.24) is 5.32 Å². The highest BCUT2D eigenvalue weighted by molar-refractivity contribution is 7.10. The van der Waals surface area contributed by atoms with E-state index in [1.807, 2.05) is 11.3 Å². The Kier molecular flexibility index (Phi) is 3.76. The molecule has 3 rings (SSSR count). The normalized spacial score (nSPS) is 32.0. The van der Waals surface area contributed by atoms with Crippen molar-refractivity contribution >= 4 is 11.3 Å². The highest BCUT2D eigenvalue weighted by Gasteiger charge is 2.54. The molecule has 0 saturated heterocycles. The first-order valence-electron chi connectivity index (χ1n) is 7.60. The molecule has 2 heteroatoms. The van der Waals surface area contributed by atoms with E-state index in [1.54, 1.807) is 4.88 Å². The van der Waals surface area contributed by atoms with E-state index in [1.165, 1.54) is 37.7 Å². The fourth-order valence-electron chi connectivity index (χ4n) is 3.95. The Balaban J connectivity index is 1.76. The molecule has 100 valence electrons. The van der Waals surface area contributed by atoms with Gasteiger partial charge in [0.05, 0.1) is 0 Å². The second kappa shape index (κ2) is 5.34. The van der Waals surface area contributed by atoms with E-state index in [0.717, 1.165) is 24.3 Å². The Morgan fingerprint density at radius 2 is 2.06 bits per heavy atom. The van der Waals surface area contributed by atoms with E-state index < -0.39 is 0 Å². The van der Waals surface area contributed by atoms with Gasteiger partial charge in [0.2, 0.25) is 0 Å². The molecule has 2 aliphatic rings. The molecule has 3 atom stereocenters. The van der Waals surface area contributed by atoms with Crippen molar-refractivity contribution in [2.24, 2.45) is 17.8 Å². The van der Waals surface area contributed by atoms with Gasteiger partial charge >= 0.3 is 0 Å². The van der Waals surface area contributed by atoms with E-state index in [4.69, 9.17) is 0 Å². The third-order valence-corrected chi connectivity index (χ3v) is 6.01. The van der Waals surface area contributed by atoms with Crippen LogP contribution in [0.3, 0.4) is 0 Å². The molecule has 0 aliphatic heterocycles. The number of rotatable bonds is 5. The SMILES string of the molecule is CCCNC(c1sccc1C)C1C2CCCCC21. The third kappa shape index (κ3) is 2.25. The van der Waals surface area contributed by atoms with Crippen molar-refractivity contribution in [3.63, 3.8) is 0 Å². The van der Waals surface area contributed by atoms with Gasteiger partial charge in [0.1, 0.15) is 0 Å². The summed E-state index contributed by atoms with van der Waals surface area (Å²) >= 11 is 1.96. The Bertz CT molecular complexity index is 386. The maximum Gasteiger partial charge on any atom is 0.0451 e. The maximum atomic E-state index is 3.84. The van der Waals surface area contributed by atoms with Crippen LogP contribution in [0.4, 0.5) is 0 Å². The van der Waals surface area contributed by atoms with Crippen molar-refractivity contribution in [2.45, 2.75) is 52.0 Å². The molecular formula is C16H25NS. The van der Waals surface area contributed by atoms with Crippen molar-refractivity contribution in [2.75, 3.05) is 6.54 Å². The molecule has 0 bridgehead atoms. The fraction of sp³-hybridized carbons (Fsp3) is 0.750. The minimum absolute atomic E-state index is 0.651. The van der Waals surface area contributed by atoms with Gasteiger partial charge in [-0.3, -0.25) is 0 Å². The molecule has 1 heterocycles. The molecule has 3 unspecified atom stereocenters. The van der Waals surface area contributed by atoms with Gasteiger partial charge in [-0.15, -0.1) is 11.3 Å². The summed E-state index contributed by atoms with van der Waals surface area (Å²) in [7, 11) is 0. The average molecular weight is 263 g/mol. The van der Waals surface area contributed by atoms with Crippen molar-refractivity contribution in [3.8, 4) is 0 Å². The Hall–Kier alpha value is -0.340. The van der Waals surface area contributed by atoms with Crippen LogP contribution in [-0.2, 0) is 0 Å². The predicted octanol–water partition coefficient (Wildman–Crippen LogP) is 4.53. The molecule has 2 saturated carbocycles. The zero-order valence-corrected chi connectivity index (χ0v) is 12.4. The molecule has 2 fully saturated rings. The monoisotopic (exact) mass is 263 g/mol. The van der Waals surface area contributed by atoms with Crippen LogP contribution in [0.2, 0.25) is 0 Å². The summed E-state index contributed by atoms with van der Waals surface area (Å²) in [5, 5.41) is 6.10. The second-order valence-electron chi connectivity index (χ2n) is 6.09. The molecule has 0 amide bonds. The van der Waals surface area contributed by atoms with E-state index in [-0.39, 0.29) is 0 Å². The summed E-state index contributed by atoms with van der Waals surface area (Å²) in [5.74, 6) is 3.01. The Labute approximate surface area is 115 Å². The van der Waals surface area contributed by atoms with Crippen LogP contribution in [0.25, 0.3) is 0 Å². The second-order valence-corrected chi connectivity index (χ2v) is 7.04. The zero-order chi connectivity index (χ0) is 12.5. The van der Waals surface area contributed by atoms with Crippen LogP contribution in [-0.4, -0.2) is 6.54 Å². The molecule has 1 aromatic rings. The van der Waals surface area contributed by atoms with Crippen LogP contribution in [0.15, 0.2) is 11.4 Å². The summed E-state index contributed by atoms with van der Waals surface area (Å²) in [6.07, 6.45) is 7.17. The highest BCUT2D eigenvalue weighted by Crippen LogP contribution is 2.60. The number of hydrogen-bond acceptors (Lipinski definition) is 2. The van der Waals surface area contributed by atoms with Crippen molar-refractivity contribution in [1.29, 1.82) is 0 Å². The lowest BCUT2D eigenvalue weighted by atomic mass is 10.0. The van der Waals surface area contributed by atoms with Crippen molar-refractivity contribution < 1.29 is 0 Å². The maximum absolute atomic E-state index is 3.84. The van der Waals surface area contributed by atoms with Gasteiger partial charge in [0.25, 0.3) is 0 Å². The number of hydrogen-bond donors (Lipinski definition) is 1. The van der Waals surface area contributed by atoms with Gasteiger partial charge in [-0.2, -0.15) is 0 Å². The molecule has 2 aliphatic carbocycles. The first kappa shape index (κ1) is 12.7. The van der Waals surface area contributed by atoms with E-state index in [0.29, 0.717) is 6.04 Å². The number of thiophene rings is 1. The van der Waals surface area contributed by atoms with E-state index in [9.17, 15) is 0 Å². The topological polar surface area (TPSA) is 12.0 Å². The van der Waals surface area contributed by atoms with Gasteiger partial charge in [0.15, 0.2) is 0 Å². The minimum Gasteiger partial charge on any atom is -0.309 e. The Morgan fingerprint density at radius 3 is 2.61 bits per heavy atom. The average Bonchev–Trinajstić information content (AvgIpc) is 2.96. The van der Waals surface area contributed by atoms with Crippen LogP contribution >= 0.6 is 11.3 Å². The van der Waals surface area contributed by atoms with Crippen LogP contribution in [0.5, 0.6) is 0 Å². The molecular weight excluding hydrogens is 238 g/mol. The van der Waals surface area contributed by atoms with Gasteiger partial charge in [-0.05, 0) is 67.5 Å². The number of aryl methyl sites for hydroxylation is 1. The highest BCUT2D eigenvalue weighted by atomic mass is 32.1. The van der Waals surface area contributed by atoms with Gasteiger partial charge in [-0.25, -0.2) is 0 Å². The summed E-state index contributed by atoms with van der Waals surface area (Å²) in [6.45, 7) is 5.71. The predicted molar refractivity (Wildman–Crippen MR) is 79.0 cm³/mol. The van der Waals surface area contributed by atoms with Crippen molar-refractivity contribution in [3.05, 3.63) is 21.9 Å². The largest absolute Gasteiger partial charge is 0.309 e. The standard InChI is InChI=1S/C16H25NS/c1-3-9-17-15(16-11(2)8-10-18-16)14-12-6-4-5-7-13(12)14/h8,10,12-15,17H,3-7,9H2,1-2H3. The molecule has 0 spiro atoms. The van der Waals surface area contributed by atoms with Crippen LogP contribution < -0.4 is 5.32 Å². The number of fused-ring (bicyclic) bond motifs is 1. The number of nitrogens with one attached hydrogen (secondary N) is 1. The molecule has 1 N–H and O–H groups in total. The summed E-state index contributed by atoms with van der Waals surface area (Å²) < 4.78 is 0. The third-order valence-electron chi connectivity index (χ3n) is 4.91. The zero-order valence-electron chi connectivity index (χ0n) is 11.6. The first-order valence-corrected chi connectivity index (χ1v) is 8.48. The van der Waals surface area contributed by atoms with Gasteiger partial charge in [0, 0.05) is 10.9 Å². The summed E-state index contributed by atoms with van der Waals surface area (Å²) in [6, 6.07) is 2.94. The molecule has 18 heavy (non-hydrogen) atoms. The molecule has 1 nitrogen and oxygen atoms in total. The lowest BCUT2D eigenvalue weighted by Crippen LogP contribution is -2.24. The van der Waals surface area contributed by atoms with E-state index in [2.05, 4.69) is 30.6 Å². The summed E-state index contributed by atoms with van der Waals surface area (Å²) in [4.78, 5) is 1.61. The fourth-order valence-corrected chi connectivity index (χ4v) is 5.01. The molecule has 0 radical (unpaired) electrons. The van der Waals surface area contributed by atoms with Crippen LogP contribution in [0, 0.1) is 24.7 Å². The molecule has 1 aromatic heterocycles. The Morgan fingerprint density at radius 1 is 1.33 bits per heavy atom. The summed E-state index contributed by atoms with van der Waals surface area (Å²) in [5.41, 5.74) is 1.50. The lowest BCUT2D eigenvalue weighted by molar-refractivity contribution is 0.450. The molecule has 0 aromatic carbocycles. The smallest absolute Gasteiger partial charge is 0.0451 e. The van der Waals surface area contributed by atoms with Gasteiger partial charge < -0.3 is 5.32 Å². The van der Waals surface area contributed by atoms with E-state index >= 15 is 0 Å². The van der Waals surface area contributed by atoms with Gasteiger partial charge in [-0.1, -0.05) is 19.8 Å². The van der Waals surface area contributed by atoms with Crippen LogP contribution in [0.1, 0.15) is 55.5 Å². The quantitative estimate of drug-likeness (QED) is 0.823.